The lowest BCUT2D eigenvalue weighted by molar-refractivity contribution is -0.137. The minimum atomic E-state index is -0.390. The molecule has 0 aliphatic carbocycles. The van der Waals surface area contributed by atoms with Gasteiger partial charge in [0.05, 0.1) is 12.3 Å². The highest BCUT2D eigenvalue weighted by Gasteiger charge is 2.09. The molecule has 3 rings (SSSR count). The topological polar surface area (TPSA) is 95.9 Å². The molecule has 140 valence electrons. The van der Waals surface area contributed by atoms with Gasteiger partial charge in [0.1, 0.15) is 0 Å². The minimum Gasteiger partial charge on any atom is -0.463 e. The predicted molar refractivity (Wildman–Crippen MR) is 98.5 cm³/mol. The number of aryl methyl sites for hydroxylation is 3. The minimum absolute atomic E-state index is 0.277. The van der Waals surface area contributed by atoms with Gasteiger partial charge in [-0.1, -0.05) is 5.16 Å². The third-order valence-corrected chi connectivity index (χ3v) is 4.12. The zero-order valence-corrected chi connectivity index (χ0v) is 15.5. The summed E-state index contributed by atoms with van der Waals surface area (Å²) in [6, 6.07) is 3.67. The molecule has 0 aliphatic rings. The van der Waals surface area contributed by atoms with Crippen molar-refractivity contribution in [2.24, 2.45) is 7.05 Å². The zero-order chi connectivity index (χ0) is 19.2. The number of aromatic nitrogens is 5. The van der Waals surface area contributed by atoms with Gasteiger partial charge in [0, 0.05) is 48.8 Å². The molecular weight excluding hydrogens is 346 g/mol. The van der Waals surface area contributed by atoms with E-state index < -0.39 is 0 Å². The predicted octanol–water partition coefficient (Wildman–Crippen LogP) is 2.67. The summed E-state index contributed by atoms with van der Waals surface area (Å²) >= 11 is 0. The third kappa shape index (κ3) is 4.66. The molecule has 0 saturated carbocycles. The fourth-order valence-corrected chi connectivity index (χ4v) is 2.60. The van der Waals surface area contributed by atoms with Crippen LogP contribution in [0, 0.1) is 13.8 Å². The summed E-state index contributed by atoms with van der Waals surface area (Å²) < 4.78 is 12.2. The van der Waals surface area contributed by atoms with E-state index in [1.807, 2.05) is 33.0 Å². The van der Waals surface area contributed by atoms with E-state index in [1.54, 1.807) is 23.2 Å². The Bertz CT molecular complexity index is 944. The highest BCUT2D eigenvalue weighted by Crippen LogP contribution is 2.15. The molecule has 0 radical (unpaired) electrons. The van der Waals surface area contributed by atoms with E-state index in [2.05, 4.69) is 20.2 Å². The Morgan fingerprint density at radius 3 is 2.93 bits per heavy atom. The molecule has 0 unspecified atom stereocenters. The van der Waals surface area contributed by atoms with Crippen LogP contribution in [0.15, 0.2) is 35.1 Å². The van der Waals surface area contributed by atoms with Crippen molar-refractivity contribution >= 4 is 12.0 Å². The average molecular weight is 367 g/mol. The first-order valence-electron chi connectivity index (χ1n) is 8.62. The molecule has 0 spiro atoms. The number of ether oxygens (including phenoxy) is 1. The molecule has 3 aromatic heterocycles. The molecule has 0 N–H and O–H groups in total. The quantitative estimate of drug-likeness (QED) is 0.360. The van der Waals surface area contributed by atoms with Gasteiger partial charge in [0.25, 0.3) is 0 Å². The number of hydrogen-bond acceptors (Lipinski definition) is 7. The summed E-state index contributed by atoms with van der Waals surface area (Å²) in [5, 5.41) is 8.24. The molecule has 8 heteroatoms. The summed E-state index contributed by atoms with van der Waals surface area (Å²) in [5.74, 6) is 0.613. The molecule has 8 nitrogen and oxygen atoms in total. The van der Waals surface area contributed by atoms with Crippen molar-refractivity contribution in [1.29, 1.82) is 0 Å². The van der Waals surface area contributed by atoms with Crippen molar-refractivity contribution in [3.8, 4) is 11.4 Å². The van der Waals surface area contributed by atoms with E-state index in [9.17, 15) is 4.79 Å². The van der Waals surface area contributed by atoms with Gasteiger partial charge in [-0.05, 0) is 38.5 Å². The van der Waals surface area contributed by atoms with Crippen molar-refractivity contribution in [2.45, 2.75) is 26.7 Å². The lowest BCUT2D eigenvalue weighted by Crippen LogP contribution is -2.03. The first-order valence-corrected chi connectivity index (χ1v) is 8.62. The summed E-state index contributed by atoms with van der Waals surface area (Å²) in [6.07, 6.45) is 7.64. The fraction of sp³-hybridized carbons (Fsp3) is 0.316. The Balaban J connectivity index is 1.44. The third-order valence-electron chi connectivity index (χ3n) is 4.12. The van der Waals surface area contributed by atoms with Crippen LogP contribution in [-0.2, 0) is 23.0 Å². The summed E-state index contributed by atoms with van der Waals surface area (Å²) in [7, 11) is 1.87. The Morgan fingerprint density at radius 2 is 2.22 bits per heavy atom. The number of esters is 1. The molecule has 3 heterocycles. The van der Waals surface area contributed by atoms with Crippen LogP contribution in [0.1, 0.15) is 29.3 Å². The van der Waals surface area contributed by atoms with Gasteiger partial charge in [-0.15, -0.1) is 0 Å². The van der Waals surface area contributed by atoms with E-state index in [4.69, 9.17) is 9.26 Å². The van der Waals surface area contributed by atoms with Gasteiger partial charge in [-0.3, -0.25) is 9.67 Å². The summed E-state index contributed by atoms with van der Waals surface area (Å²) in [5.41, 5.74) is 3.60. The Labute approximate surface area is 156 Å². The van der Waals surface area contributed by atoms with Crippen LogP contribution in [0.2, 0.25) is 0 Å². The molecule has 0 fully saturated rings. The average Bonchev–Trinajstić information content (AvgIpc) is 3.23. The van der Waals surface area contributed by atoms with Gasteiger partial charge >= 0.3 is 5.97 Å². The van der Waals surface area contributed by atoms with Crippen LogP contribution in [0.3, 0.4) is 0 Å². The van der Waals surface area contributed by atoms with Crippen molar-refractivity contribution in [2.75, 3.05) is 6.61 Å². The lowest BCUT2D eigenvalue weighted by atomic mass is 10.2. The largest absolute Gasteiger partial charge is 0.463 e. The van der Waals surface area contributed by atoms with E-state index in [-0.39, 0.29) is 12.6 Å². The molecule has 0 aliphatic heterocycles. The van der Waals surface area contributed by atoms with Gasteiger partial charge < -0.3 is 9.26 Å². The molecule has 0 saturated heterocycles. The molecule has 3 aromatic rings. The second-order valence-electron chi connectivity index (χ2n) is 6.07. The van der Waals surface area contributed by atoms with E-state index in [1.165, 1.54) is 6.08 Å². The zero-order valence-electron chi connectivity index (χ0n) is 15.5. The van der Waals surface area contributed by atoms with Gasteiger partial charge in [0.15, 0.2) is 0 Å². The Kier molecular flexibility index (Phi) is 5.75. The number of nitrogens with zero attached hydrogens (tertiary/aromatic N) is 5. The van der Waals surface area contributed by atoms with E-state index in [0.717, 1.165) is 22.5 Å². The maximum atomic E-state index is 11.9. The fourth-order valence-electron chi connectivity index (χ4n) is 2.60. The molecule has 0 amide bonds. The second kappa shape index (κ2) is 8.39. The number of rotatable bonds is 7. The standard InChI is InChI=1S/C19H21N5O3/c1-13-16(14(2)24(3)22-13)8-9-18(25)26-11-5-7-17-21-19(23-27-17)15-6-4-10-20-12-15/h4,6,8-10,12H,5,7,11H2,1-3H3/b9-8+. The first kappa shape index (κ1) is 18.5. The van der Waals surface area contributed by atoms with Crippen LogP contribution in [-0.4, -0.2) is 37.5 Å². The van der Waals surface area contributed by atoms with Crippen LogP contribution >= 0.6 is 0 Å². The molecule has 0 bridgehead atoms. The van der Waals surface area contributed by atoms with Crippen molar-refractivity contribution in [3.63, 3.8) is 0 Å². The maximum absolute atomic E-state index is 11.9. The molecular formula is C19H21N5O3. The Hall–Kier alpha value is -3.29. The molecule has 0 atom stereocenters. The number of hydrogen-bond donors (Lipinski definition) is 0. The normalized spacial score (nSPS) is 11.2. The summed E-state index contributed by atoms with van der Waals surface area (Å²) in [4.78, 5) is 20.2. The van der Waals surface area contributed by atoms with Crippen LogP contribution in [0.25, 0.3) is 17.5 Å². The van der Waals surface area contributed by atoms with E-state index >= 15 is 0 Å². The first-order chi connectivity index (χ1) is 13.0. The van der Waals surface area contributed by atoms with E-state index in [0.29, 0.717) is 24.6 Å². The van der Waals surface area contributed by atoms with Crippen molar-refractivity contribution in [1.82, 2.24) is 24.9 Å². The Morgan fingerprint density at radius 1 is 1.37 bits per heavy atom. The number of carbonyl (C=O) groups is 1. The van der Waals surface area contributed by atoms with Gasteiger partial charge in [-0.25, -0.2) is 4.79 Å². The van der Waals surface area contributed by atoms with Gasteiger partial charge in [0.2, 0.25) is 11.7 Å². The maximum Gasteiger partial charge on any atom is 0.330 e. The van der Waals surface area contributed by atoms with Crippen LogP contribution in [0.4, 0.5) is 0 Å². The highest BCUT2D eigenvalue weighted by molar-refractivity contribution is 5.87. The molecule has 27 heavy (non-hydrogen) atoms. The SMILES string of the molecule is Cc1nn(C)c(C)c1/C=C/C(=O)OCCCc1nc(-c2cccnc2)no1. The second-order valence-corrected chi connectivity index (χ2v) is 6.07. The number of carbonyl (C=O) groups excluding carboxylic acids is 1. The monoisotopic (exact) mass is 367 g/mol. The van der Waals surface area contributed by atoms with Crippen molar-refractivity contribution in [3.05, 3.63) is 53.4 Å². The van der Waals surface area contributed by atoms with Gasteiger partial charge in [-0.2, -0.15) is 10.1 Å². The molecule has 0 aromatic carbocycles. The van der Waals surface area contributed by atoms with Crippen LogP contribution in [0.5, 0.6) is 0 Å². The number of pyridine rings is 1. The van der Waals surface area contributed by atoms with Crippen LogP contribution < -0.4 is 0 Å². The summed E-state index contributed by atoms with van der Waals surface area (Å²) in [6.45, 7) is 4.14. The van der Waals surface area contributed by atoms with Crippen molar-refractivity contribution < 1.29 is 14.1 Å². The lowest BCUT2D eigenvalue weighted by Gasteiger charge is -2.00. The smallest absolute Gasteiger partial charge is 0.330 e. The highest BCUT2D eigenvalue weighted by atomic mass is 16.5.